The molecule has 4 aliphatic rings. The molecular weight excluding hydrogens is 1260 g/mol. The Hall–Kier alpha value is -7.81. The predicted octanol–water partition coefficient (Wildman–Crippen LogP) is 8.16. The summed E-state index contributed by atoms with van der Waals surface area (Å²) in [6, 6.07) is 32.8. The Bertz CT molecular complexity index is 3020. The number of carboxylic acid groups (broad SMARTS) is 3. The summed E-state index contributed by atoms with van der Waals surface area (Å²) in [5.74, 6) is -8.29. The van der Waals surface area contributed by atoms with Crippen LogP contribution in [0.2, 0.25) is 0 Å². The van der Waals surface area contributed by atoms with Crippen molar-refractivity contribution in [3.05, 3.63) is 144 Å². The first-order valence-electron chi connectivity index (χ1n) is 30.8. The number of hydrogen-bond acceptors (Lipinski definition) is 18. The normalized spacial score (nSPS) is 21.6. The topological polar surface area (TPSA) is 305 Å². The molecule has 0 spiro atoms. The summed E-state index contributed by atoms with van der Waals surface area (Å²) in [6.45, 7) is 11.6. The Morgan fingerprint density at radius 3 is 1.03 bits per heavy atom. The lowest BCUT2D eigenvalue weighted by atomic mass is 9.98. The lowest BCUT2D eigenvalue weighted by Gasteiger charge is -2.39. The van der Waals surface area contributed by atoms with Crippen molar-refractivity contribution in [2.24, 2.45) is 0 Å². The Labute approximate surface area is 547 Å². The molecule has 8 rings (SSSR count). The van der Waals surface area contributed by atoms with Crippen LogP contribution in [0.15, 0.2) is 121 Å². The summed E-state index contributed by atoms with van der Waals surface area (Å²) in [7, 11) is 0. The number of carbonyl (C=O) groups is 7. The van der Waals surface area contributed by atoms with Crippen LogP contribution in [-0.2, 0) is 84.0 Å². The molecule has 0 saturated carbocycles. The molecule has 0 unspecified atom stereocenters. The molecular formula is C65H86F6N8O16. The van der Waals surface area contributed by atoms with E-state index in [-0.39, 0.29) is 64.2 Å². The number of hydrogen-bond donors (Lipinski definition) is 8. The number of nitrogens with zero attached hydrogens (tertiary/aromatic N) is 3. The largest absolute Gasteiger partial charge is 0.480 e. The van der Waals surface area contributed by atoms with Crippen LogP contribution in [0, 0.1) is 0 Å². The Balaban J connectivity index is 0.000000232. The monoisotopic (exact) mass is 1350 g/mol. The number of likely N-dealkylation sites (tertiary alicyclic amines) is 3. The van der Waals surface area contributed by atoms with Gasteiger partial charge < -0.3 is 39.9 Å². The molecule has 4 heterocycles. The van der Waals surface area contributed by atoms with Crippen molar-refractivity contribution in [3.8, 4) is 0 Å². The first-order chi connectivity index (χ1) is 44.8. The van der Waals surface area contributed by atoms with E-state index >= 15 is 0 Å². The van der Waals surface area contributed by atoms with E-state index in [1.807, 2.05) is 121 Å². The average molecular weight is 1350 g/mol. The van der Waals surface area contributed by atoms with Crippen molar-refractivity contribution < 1.29 is 104 Å². The number of esters is 1. The van der Waals surface area contributed by atoms with Crippen LogP contribution >= 0.6 is 0 Å². The smallest absolute Gasteiger partial charge is 0.471 e. The molecule has 4 aliphatic heterocycles. The van der Waals surface area contributed by atoms with Gasteiger partial charge >= 0.3 is 54.1 Å². The molecule has 4 aromatic carbocycles. The third kappa shape index (κ3) is 28.2. The van der Waals surface area contributed by atoms with Gasteiger partial charge in [0.2, 0.25) is 0 Å². The molecule has 4 aromatic rings. The molecule has 0 bridgehead atoms. The number of amides is 3. The van der Waals surface area contributed by atoms with E-state index in [9.17, 15) is 65.0 Å². The van der Waals surface area contributed by atoms with Crippen LogP contribution < -0.4 is 27.2 Å². The quantitative estimate of drug-likeness (QED) is 0.0235. The molecule has 0 aliphatic carbocycles. The van der Waals surface area contributed by atoms with E-state index in [0.717, 1.165) is 28.7 Å². The first kappa shape index (κ1) is 77.9. The Morgan fingerprint density at radius 1 is 0.421 bits per heavy atom. The number of carboxylic acids is 3. The van der Waals surface area contributed by atoms with Gasteiger partial charge in [-0.15, -0.1) is 0 Å². The Morgan fingerprint density at radius 2 is 0.726 bits per heavy atom. The number of rotatable bonds is 20. The van der Waals surface area contributed by atoms with E-state index in [4.69, 9.17) is 39.0 Å². The predicted molar refractivity (Wildman–Crippen MR) is 330 cm³/mol. The van der Waals surface area contributed by atoms with Crippen LogP contribution in [0.3, 0.4) is 0 Å². The lowest BCUT2D eigenvalue weighted by Crippen LogP contribution is -2.59. The van der Waals surface area contributed by atoms with Gasteiger partial charge in [-0.25, -0.2) is 19.2 Å². The maximum atomic E-state index is 13.0. The third-order valence-corrected chi connectivity index (χ3v) is 14.7. The number of nitrogens with one attached hydrogen (secondary N) is 5. The minimum absolute atomic E-state index is 0.0447. The minimum atomic E-state index is -5.11. The van der Waals surface area contributed by atoms with Gasteiger partial charge in [0, 0.05) is 44.3 Å². The van der Waals surface area contributed by atoms with Crippen LogP contribution in [0.4, 0.5) is 31.1 Å². The SMILES string of the molecule is CC(C)(C)OC(=O)N1C[C@H](NOCc2ccccc2)CC[C@H]1C(=O)O.CC(C)(C)OC(=O)[C@@H]1CC[C@@H](NOCc2ccccc2)CN1C(=O)C(F)(F)F.O=C(O)[C@@H]1CC[C@@H](NOCc2ccccc2)CN1.O=C(O)[C@@H]1CC[C@@H](NOCc2ccccc2)CN1C(=O)C(F)(F)F. The second kappa shape index (κ2) is 37.5. The van der Waals surface area contributed by atoms with Crippen molar-refractivity contribution in [1.29, 1.82) is 0 Å². The van der Waals surface area contributed by atoms with Gasteiger partial charge in [0.25, 0.3) is 0 Å². The molecule has 24 nitrogen and oxygen atoms in total. The average Bonchev–Trinajstić information content (AvgIpc) is 0.827. The van der Waals surface area contributed by atoms with Gasteiger partial charge in [0.1, 0.15) is 35.4 Å². The fourth-order valence-electron chi connectivity index (χ4n) is 10.1. The fourth-order valence-corrected chi connectivity index (χ4v) is 10.1. The first-order valence-corrected chi connectivity index (χ1v) is 30.8. The molecule has 95 heavy (non-hydrogen) atoms. The second-order valence-electron chi connectivity index (χ2n) is 24.8. The number of benzene rings is 4. The highest BCUT2D eigenvalue weighted by atomic mass is 19.4. The molecule has 4 saturated heterocycles. The maximum Gasteiger partial charge on any atom is 0.471 e. The Kier molecular flexibility index (Phi) is 30.7. The number of ether oxygens (including phenoxy) is 2. The highest BCUT2D eigenvalue weighted by molar-refractivity contribution is 5.88. The zero-order chi connectivity index (χ0) is 69.9. The molecule has 8 atom stereocenters. The zero-order valence-electron chi connectivity index (χ0n) is 53.7. The molecule has 30 heteroatoms. The van der Waals surface area contributed by atoms with E-state index in [0.29, 0.717) is 55.2 Å². The summed E-state index contributed by atoms with van der Waals surface area (Å²) in [5, 5.41) is 30.2. The zero-order valence-corrected chi connectivity index (χ0v) is 53.7. The van der Waals surface area contributed by atoms with E-state index in [2.05, 4.69) is 27.2 Å². The lowest BCUT2D eigenvalue weighted by molar-refractivity contribution is -0.195. The summed E-state index contributed by atoms with van der Waals surface area (Å²) in [4.78, 5) is 105. The van der Waals surface area contributed by atoms with Crippen LogP contribution in [0.1, 0.15) is 115 Å². The molecule has 8 N–H and O–H groups in total. The van der Waals surface area contributed by atoms with Crippen molar-refractivity contribution in [2.45, 2.75) is 191 Å². The van der Waals surface area contributed by atoms with Gasteiger partial charge in [0.15, 0.2) is 0 Å². The minimum Gasteiger partial charge on any atom is -0.480 e. The number of alkyl halides is 6. The van der Waals surface area contributed by atoms with Gasteiger partial charge in [-0.2, -0.15) is 48.3 Å². The molecule has 3 amide bonds. The van der Waals surface area contributed by atoms with Crippen molar-refractivity contribution in [1.82, 2.24) is 41.9 Å². The number of piperidine rings is 4. The number of carbonyl (C=O) groups excluding carboxylic acids is 4. The highest BCUT2D eigenvalue weighted by Crippen LogP contribution is 2.29. The van der Waals surface area contributed by atoms with Gasteiger partial charge in [0.05, 0.1) is 32.5 Å². The second-order valence-corrected chi connectivity index (χ2v) is 24.8. The van der Waals surface area contributed by atoms with Gasteiger partial charge in [-0.1, -0.05) is 121 Å². The van der Waals surface area contributed by atoms with E-state index in [1.54, 1.807) is 41.5 Å². The standard InChI is InChI=1S/C19H25F3N2O4.C18H26N2O5.C15H17F3N2O4.C13H18N2O3/c1-18(2,3)28-16(25)15-10-9-14(11-24(15)17(26)19(20,21)22)23-27-12-13-7-5-4-6-8-13;1-18(2,3)25-17(23)20-11-14(9-10-15(20)16(21)22)19-24-12-13-7-5-4-6-8-13;16-15(17,18)14(23)20-8-11(6-7-12(20)13(21)22)19-24-9-10-4-2-1-3-5-10;16-13(17)12-7-6-11(8-14-12)15-18-9-10-4-2-1-3-5-10/h4-8,14-15,23H,9-12H2,1-3H3;4-8,14-15,19H,9-12H2,1-3H3,(H,21,22);1-5,11-12,19H,6-9H2,(H,21,22);1-5,11-12,14-15H,6-9H2,(H,16,17)/t2*14-,15+;2*11-,12+/m1111/s1. The van der Waals surface area contributed by atoms with Crippen LogP contribution in [0.5, 0.6) is 0 Å². The van der Waals surface area contributed by atoms with Crippen molar-refractivity contribution >= 4 is 41.8 Å². The molecule has 4 fully saturated rings. The summed E-state index contributed by atoms with van der Waals surface area (Å²) in [6.07, 6.45) is -7.81. The van der Waals surface area contributed by atoms with E-state index in [1.165, 1.54) is 4.90 Å². The maximum absolute atomic E-state index is 13.0. The number of halogens is 6. The fraction of sp³-hybridized carbons (Fsp3) is 0.523. The summed E-state index contributed by atoms with van der Waals surface area (Å²) < 4.78 is 87.5. The third-order valence-electron chi connectivity index (χ3n) is 14.7. The summed E-state index contributed by atoms with van der Waals surface area (Å²) >= 11 is 0. The van der Waals surface area contributed by atoms with Crippen molar-refractivity contribution in [3.63, 3.8) is 0 Å². The van der Waals surface area contributed by atoms with Crippen LogP contribution in [-0.4, -0.2) is 170 Å². The van der Waals surface area contributed by atoms with Crippen molar-refractivity contribution in [2.75, 3.05) is 26.2 Å². The number of hydroxylamine groups is 4. The molecule has 0 aromatic heterocycles. The van der Waals surface area contributed by atoms with Crippen LogP contribution in [0.25, 0.3) is 0 Å². The molecule has 0 radical (unpaired) electrons. The van der Waals surface area contributed by atoms with Gasteiger partial charge in [-0.05, 0) is 115 Å². The van der Waals surface area contributed by atoms with E-state index < -0.39 is 102 Å². The molecule has 524 valence electrons. The highest BCUT2D eigenvalue weighted by Gasteiger charge is 2.50. The summed E-state index contributed by atoms with van der Waals surface area (Å²) in [5.41, 5.74) is 13.6. The van der Waals surface area contributed by atoms with Gasteiger partial charge in [-0.3, -0.25) is 38.6 Å². The number of aliphatic carboxylic acids is 3.